The molecule has 27 heavy (non-hydrogen) atoms. The molecule has 3 rings (SSSR count). The normalized spacial score (nSPS) is 14.7. The fourth-order valence-corrected chi connectivity index (χ4v) is 2.99. The van der Waals surface area contributed by atoms with E-state index in [4.69, 9.17) is 11.6 Å². The Morgan fingerprint density at radius 2 is 1.89 bits per heavy atom. The van der Waals surface area contributed by atoms with E-state index in [0.717, 1.165) is 31.9 Å². The van der Waals surface area contributed by atoms with Crippen LogP contribution in [0.5, 0.6) is 0 Å². The van der Waals surface area contributed by atoms with Crippen molar-refractivity contribution in [2.24, 2.45) is 0 Å². The molecule has 1 amide bonds. The highest BCUT2D eigenvalue weighted by atomic mass is 35.5. The lowest BCUT2D eigenvalue weighted by Crippen LogP contribution is -2.44. The fourth-order valence-electron chi connectivity index (χ4n) is 2.82. The molecule has 1 aromatic heterocycles. The molecule has 142 valence electrons. The molecule has 0 aliphatic carbocycles. The largest absolute Gasteiger partial charge is 0.465 e. The molecule has 1 aliphatic heterocycles. The number of hydrogen-bond acceptors (Lipinski definition) is 6. The van der Waals surface area contributed by atoms with E-state index in [-0.39, 0.29) is 5.69 Å². The first-order chi connectivity index (χ1) is 13.0. The zero-order valence-corrected chi connectivity index (χ0v) is 16.0. The maximum absolute atomic E-state index is 12.5. The molecule has 8 heteroatoms. The first-order valence-corrected chi connectivity index (χ1v) is 8.94. The second-order valence-corrected chi connectivity index (χ2v) is 6.74. The molecule has 0 unspecified atom stereocenters. The number of carbonyl (C=O) groups excluding carboxylic acids is 2. The molecular weight excluding hydrogens is 368 g/mol. The van der Waals surface area contributed by atoms with Crippen molar-refractivity contribution < 1.29 is 14.3 Å². The quantitative estimate of drug-likeness (QED) is 0.811. The van der Waals surface area contributed by atoms with E-state index in [9.17, 15) is 9.59 Å². The number of aromatic nitrogens is 1. The van der Waals surface area contributed by atoms with Gasteiger partial charge in [-0.05, 0) is 37.4 Å². The number of amides is 1. The lowest BCUT2D eigenvalue weighted by atomic mass is 10.2. The van der Waals surface area contributed by atoms with Gasteiger partial charge in [-0.15, -0.1) is 0 Å². The lowest BCUT2D eigenvalue weighted by molar-refractivity contribution is 0.0600. The van der Waals surface area contributed by atoms with Gasteiger partial charge in [0.05, 0.1) is 35.3 Å². The summed E-state index contributed by atoms with van der Waals surface area (Å²) in [5, 5.41) is 3.01. The number of nitrogens with zero attached hydrogens (tertiary/aromatic N) is 3. The number of esters is 1. The number of rotatable bonds is 4. The maximum atomic E-state index is 12.5. The number of benzene rings is 1. The number of piperazine rings is 1. The number of anilines is 2. The summed E-state index contributed by atoms with van der Waals surface area (Å²) in [4.78, 5) is 32.9. The minimum atomic E-state index is -0.503. The Bertz CT molecular complexity index is 833. The Hall–Kier alpha value is -2.64. The molecule has 7 nitrogen and oxygen atoms in total. The van der Waals surface area contributed by atoms with E-state index >= 15 is 0 Å². The van der Waals surface area contributed by atoms with Crippen LogP contribution in [0.3, 0.4) is 0 Å². The summed E-state index contributed by atoms with van der Waals surface area (Å²) in [7, 11) is 3.39. The molecule has 1 N–H and O–H groups in total. The minimum absolute atomic E-state index is 0.271. The number of likely N-dealkylation sites (N-methyl/N-ethyl adjacent to an activating group) is 1. The predicted octanol–water partition coefficient (Wildman–Crippen LogP) is 2.53. The van der Waals surface area contributed by atoms with Gasteiger partial charge in [-0.1, -0.05) is 11.6 Å². The highest BCUT2D eigenvalue weighted by Gasteiger charge is 2.16. The standard InChI is InChI=1S/C19H21ClN4O3/c1-23-7-9-24(10-8-23)14-4-6-16(21-12-14)18(25)22-17-11-13(19(26)27-2)3-5-15(17)20/h3-6,11-12H,7-10H2,1-2H3,(H,22,25). The van der Waals surface area contributed by atoms with Gasteiger partial charge in [0, 0.05) is 26.2 Å². The van der Waals surface area contributed by atoms with Gasteiger partial charge in [0.1, 0.15) is 5.69 Å². The smallest absolute Gasteiger partial charge is 0.337 e. The zero-order chi connectivity index (χ0) is 19.4. The van der Waals surface area contributed by atoms with E-state index in [1.54, 1.807) is 12.3 Å². The maximum Gasteiger partial charge on any atom is 0.337 e. The highest BCUT2D eigenvalue weighted by molar-refractivity contribution is 6.34. The molecule has 0 saturated carbocycles. The minimum Gasteiger partial charge on any atom is -0.465 e. The summed E-state index contributed by atoms with van der Waals surface area (Å²) in [6.07, 6.45) is 1.70. The molecule has 0 spiro atoms. The molecule has 1 aromatic carbocycles. The number of ether oxygens (including phenoxy) is 1. The Labute approximate surface area is 162 Å². The molecule has 1 saturated heterocycles. The third kappa shape index (κ3) is 4.56. The van der Waals surface area contributed by atoms with Gasteiger partial charge >= 0.3 is 5.97 Å². The Morgan fingerprint density at radius 1 is 1.15 bits per heavy atom. The van der Waals surface area contributed by atoms with Crippen LogP contribution < -0.4 is 10.2 Å². The topological polar surface area (TPSA) is 74.8 Å². The van der Waals surface area contributed by atoms with Crippen LogP contribution in [0.2, 0.25) is 5.02 Å². The third-order valence-electron chi connectivity index (χ3n) is 4.48. The number of carbonyl (C=O) groups is 2. The van der Waals surface area contributed by atoms with Gasteiger partial charge in [-0.25, -0.2) is 9.78 Å². The predicted molar refractivity (Wildman–Crippen MR) is 105 cm³/mol. The number of nitrogens with one attached hydrogen (secondary N) is 1. The fraction of sp³-hybridized carbons (Fsp3) is 0.316. The van der Waals surface area contributed by atoms with E-state index in [0.29, 0.717) is 16.3 Å². The number of methoxy groups -OCH3 is 1. The molecule has 0 atom stereocenters. The molecule has 0 bridgehead atoms. The van der Waals surface area contributed by atoms with Crippen molar-refractivity contribution in [2.75, 3.05) is 50.6 Å². The summed E-state index contributed by atoms with van der Waals surface area (Å²) >= 11 is 6.12. The lowest BCUT2D eigenvalue weighted by Gasteiger charge is -2.33. The van der Waals surface area contributed by atoms with Crippen LogP contribution in [0.15, 0.2) is 36.5 Å². The molecule has 1 aliphatic rings. The van der Waals surface area contributed by atoms with Crippen molar-refractivity contribution >= 4 is 34.9 Å². The van der Waals surface area contributed by atoms with E-state index in [1.165, 1.54) is 25.3 Å². The summed E-state index contributed by atoms with van der Waals surface area (Å²) in [5.74, 6) is -0.902. The van der Waals surface area contributed by atoms with Gasteiger partial charge < -0.3 is 19.9 Å². The monoisotopic (exact) mass is 388 g/mol. The van der Waals surface area contributed by atoms with E-state index in [1.807, 2.05) is 6.07 Å². The number of hydrogen-bond donors (Lipinski definition) is 1. The first kappa shape index (κ1) is 19.1. The summed E-state index contributed by atoms with van der Waals surface area (Å²) in [6.45, 7) is 3.86. The van der Waals surface area contributed by atoms with Crippen molar-refractivity contribution in [3.05, 3.63) is 52.8 Å². The summed E-state index contributed by atoms with van der Waals surface area (Å²) in [5.41, 5.74) is 1.89. The van der Waals surface area contributed by atoms with E-state index < -0.39 is 11.9 Å². The summed E-state index contributed by atoms with van der Waals surface area (Å²) < 4.78 is 4.68. The second kappa shape index (κ2) is 8.37. The van der Waals surface area contributed by atoms with Gasteiger partial charge in [0.25, 0.3) is 5.91 Å². The van der Waals surface area contributed by atoms with Crippen LogP contribution in [-0.2, 0) is 4.74 Å². The van der Waals surface area contributed by atoms with Crippen LogP contribution in [0, 0.1) is 0 Å². The first-order valence-electron chi connectivity index (χ1n) is 8.56. The van der Waals surface area contributed by atoms with Gasteiger partial charge in [-0.3, -0.25) is 4.79 Å². The van der Waals surface area contributed by atoms with Crippen molar-refractivity contribution in [1.29, 1.82) is 0 Å². The van der Waals surface area contributed by atoms with Crippen LogP contribution >= 0.6 is 11.6 Å². The van der Waals surface area contributed by atoms with Crippen molar-refractivity contribution in [1.82, 2.24) is 9.88 Å². The molecule has 2 aromatic rings. The third-order valence-corrected chi connectivity index (χ3v) is 4.81. The Balaban J connectivity index is 1.70. The SMILES string of the molecule is COC(=O)c1ccc(Cl)c(NC(=O)c2ccc(N3CCN(C)CC3)cn2)c1. The van der Waals surface area contributed by atoms with Crippen LogP contribution in [-0.4, -0.2) is 62.1 Å². The van der Waals surface area contributed by atoms with Crippen molar-refractivity contribution in [3.8, 4) is 0 Å². The van der Waals surface area contributed by atoms with Crippen molar-refractivity contribution in [2.45, 2.75) is 0 Å². The van der Waals surface area contributed by atoms with Gasteiger partial charge in [0.15, 0.2) is 0 Å². The van der Waals surface area contributed by atoms with Gasteiger partial charge in [-0.2, -0.15) is 0 Å². The average Bonchev–Trinajstić information content (AvgIpc) is 2.69. The highest BCUT2D eigenvalue weighted by Crippen LogP contribution is 2.24. The number of halogens is 1. The van der Waals surface area contributed by atoms with Gasteiger partial charge in [0.2, 0.25) is 0 Å². The molecular formula is C19H21ClN4O3. The molecule has 0 radical (unpaired) electrons. The molecule has 1 fully saturated rings. The van der Waals surface area contributed by atoms with Crippen molar-refractivity contribution in [3.63, 3.8) is 0 Å². The van der Waals surface area contributed by atoms with Crippen LogP contribution in [0.25, 0.3) is 0 Å². The Morgan fingerprint density at radius 3 is 2.52 bits per heavy atom. The summed E-state index contributed by atoms with van der Waals surface area (Å²) in [6, 6.07) is 8.12. The Kier molecular flexibility index (Phi) is 5.93. The average molecular weight is 389 g/mol. The second-order valence-electron chi connectivity index (χ2n) is 6.33. The zero-order valence-electron chi connectivity index (χ0n) is 15.2. The number of pyridine rings is 1. The van der Waals surface area contributed by atoms with E-state index in [2.05, 4.69) is 31.9 Å². The molecule has 2 heterocycles. The van der Waals surface area contributed by atoms with Crippen LogP contribution in [0.1, 0.15) is 20.8 Å². The van der Waals surface area contributed by atoms with Crippen LogP contribution in [0.4, 0.5) is 11.4 Å².